The molecule has 188 valence electrons. The van der Waals surface area contributed by atoms with Crippen molar-refractivity contribution in [3.05, 3.63) is 0 Å². The van der Waals surface area contributed by atoms with Gasteiger partial charge < -0.3 is 14.7 Å². The highest BCUT2D eigenvalue weighted by Gasteiger charge is 2.60. The highest BCUT2D eigenvalue weighted by molar-refractivity contribution is 5.69. The van der Waals surface area contributed by atoms with Crippen molar-refractivity contribution >= 4 is 11.9 Å². The van der Waals surface area contributed by atoms with Gasteiger partial charge in [-0.1, -0.05) is 13.8 Å². The van der Waals surface area contributed by atoms with E-state index in [0.29, 0.717) is 35.5 Å². The Balaban J connectivity index is 1.36. The number of nitrogens with zero attached hydrogens (tertiary/aromatic N) is 1. The first-order valence-corrected chi connectivity index (χ1v) is 13.7. The summed E-state index contributed by atoms with van der Waals surface area (Å²) in [6, 6.07) is 0. The van der Waals surface area contributed by atoms with Gasteiger partial charge in [0.25, 0.3) is 0 Å². The third kappa shape index (κ3) is 4.99. The van der Waals surface area contributed by atoms with Gasteiger partial charge in [-0.15, -0.1) is 0 Å². The molecule has 0 aromatic heterocycles. The number of rotatable bonds is 8. The Labute approximate surface area is 201 Å². The monoisotopic (exact) mass is 461 g/mol. The number of hydrogen-bond acceptors (Lipinski definition) is 4. The molecule has 0 bridgehead atoms. The van der Waals surface area contributed by atoms with E-state index in [1.807, 2.05) is 19.0 Å². The van der Waals surface area contributed by atoms with Gasteiger partial charge in [-0.05, 0) is 125 Å². The van der Waals surface area contributed by atoms with Crippen molar-refractivity contribution in [2.75, 3.05) is 20.6 Å². The first-order chi connectivity index (χ1) is 15.6. The van der Waals surface area contributed by atoms with Gasteiger partial charge in [-0.3, -0.25) is 9.59 Å². The average molecular weight is 462 g/mol. The second-order valence-corrected chi connectivity index (χ2v) is 12.7. The number of carboxylic acids is 1. The molecule has 4 saturated carbocycles. The Morgan fingerprint density at radius 1 is 0.939 bits per heavy atom. The lowest BCUT2D eigenvalue weighted by molar-refractivity contribution is -0.162. The molecule has 8 unspecified atom stereocenters. The Bertz CT molecular complexity index is 723. The quantitative estimate of drug-likeness (QED) is 0.465. The number of hydrogen-bond donors (Lipinski definition) is 1. The van der Waals surface area contributed by atoms with Crippen molar-refractivity contribution in [1.29, 1.82) is 0 Å². The van der Waals surface area contributed by atoms with Crippen LogP contribution < -0.4 is 0 Å². The molecule has 5 heteroatoms. The summed E-state index contributed by atoms with van der Waals surface area (Å²) in [5.41, 5.74) is 0.820. The third-order valence-electron chi connectivity index (χ3n) is 10.8. The van der Waals surface area contributed by atoms with E-state index in [0.717, 1.165) is 50.0 Å². The lowest BCUT2D eigenvalue weighted by atomic mass is 9.44. The number of fused-ring (bicyclic) bond motifs is 5. The van der Waals surface area contributed by atoms with Gasteiger partial charge >= 0.3 is 11.9 Å². The summed E-state index contributed by atoms with van der Waals surface area (Å²) in [6.07, 6.45) is 14.1. The molecule has 0 aromatic rings. The standard InChI is InChI=1S/C28H47NO4/c1-27-16-13-24-22(23(27)11-9-19(27)6-5-7-25(30)31)10-8-20-18-21(12-15-28(20,24)2)33-26(32)14-17-29(3)4/h19-24H,5-18H2,1-4H3,(H,30,31). The van der Waals surface area contributed by atoms with E-state index in [1.54, 1.807) is 0 Å². The molecule has 0 aliphatic heterocycles. The van der Waals surface area contributed by atoms with E-state index in [2.05, 4.69) is 13.8 Å². The molecular weight excluding hydrogens is 414 g/mol. The van der Waals surface area contributed by atoms with Crippen LogP contribution in [0.1, 0.15) is 97.3 Å². The molecule has 0 radical (unpaired) electrons. The van der Waals surface area contributed by atoms with Crippen LogP contribution in [0.5, 0.6) is 0 Å². The zero-order valence-corrected chi connectivity index (χ0v) is 21.5. The summed E-state index contributed by atoms with van der Waals surface area (Å²) >= 11 is 0. The van der Waals surface area contributed by atoms with Crippen molar-refractivity contribution in [2.24, 2.45) is 40.4 Å². The Morgan fingerprint density at radius 2 is 1.67 bits per heavy atom. The predicted octanol–water partition coefficient (Wildman–Crippen LogP) is 5.76. The normalized spacial score (nSPS) is 42.3. The van der Waals surface area contributed by atoms with Gasteiger partial charge in [-0.2, -0.15) is 0 Å². The summed E-state index contributed by atoms with van der Waals surface area (Å²) in [6.45, 7) is 5.87. The fraction of sp³-hybridized carbons (Fsp3) is 0.929. The second kappa shape index (κ2) is 9.87. The molecule has 0 heterocycles. The van der Waals surface area contributed by atoms with E-state index in [1.165, 1.54) is 44.9 Å². The minimum absolute atomic E-state index is 0.0284. The molecule has 1 N–H and O–H groups in total. The van der Waals surface area contributed by atoms with Gasteiger partial charge in [0.15, 0.2) is 0 Å². The third-order valence-corrected chi connectivity index (χ3v) is 10.8. The summed E-state index contributed by atoms with van der Waals surface area (Å²) in [5.74, 6) is 3.21. The first kappa shape index (κ1) is 25.0. The highest BCUT2D eigenvalue weighted by atomic mass is 16.5. The maximum atomic E-state index is 12.3. The minimum Gasteiger partial charge on any atom is -0.481 e. The summed E-state index contributed by atoms with van der Waals surface area (Å²) in [5, 5.41) is 9.06. The molecule has 0 amide bonds. The highest BCUT2D eigenvalue weighted by Crippen LogP contribution is 2.68. The number of carbonyl (C=O) groups excluding carboxylic acids is 1. The molecular formula is C28H47NO4. The van der Waals surface area contributed by atoms with Crippen molar-refractivity contribution in [3.8, 4) is 0 Å². The van der Waals surface area contributed by atoms with Gasteiger partial charge in [0, 0.05) is 13.0 Å². The van der Waals surface area contributed by atoms with Crippen LogP contribution in [0.4, 0.5) is 0 Å². The molecule has 0 spiro atoms. The molecule has 0 saturated heterocycles. The zero-order valence-electron chi connectivity index (χ0n) is 21.5. The van der Waals surface area contributed by atoms with Gasteiger partial charge in [-0.25, -0.2) is 0 Å². The molecule has 0 aromatic carbocycles. The average Bonchev–Trinajstić information content (AvgIpc) is 3.09. The topological polar surface area (TPSA) is 66.8 Å². The SMILES string of the molecule is CN(C)CCC(=O)OC1CCC2(C)C(CCC3C4CCC(CCCC(=O)O)C4(C)CCC32)C1. The van der Waals surface area contributed by atoms with E-state index >= 15 is 0 Å². The second-order valence-electron chi connectivity index (χ2n) is 12.7. The Morgan fingerprint density at radius 3 is 2.39 bits per heavy atom. The van der Waals surface area contributed by atoms with Gasteiger partial charge in [0.05, 0.1) is 6.42 Å². The Kier molecular flexibility index (Phi) is 7.48. The van der Waals surface area contributed by atoms with E-state index < -0.39 is 5.97 Å². The number of carboxylic acid groups (broad SMARTS) is 1. The van der Waals surface area contributed by atoms with Gasteiger partial charge in [0.2, 0.25) is 0 Å². The van der Waals surface area contributed by atoms with Crippen LogP contribution in [0.2, 0.25) is 0 Å². The fourth-order valence-electron chi connectivity index (χ4n) is 8.97. The molecule has 5 nitrogen and oxygen atoms in total. The van der Waals surface area contributed by atoms with Crippen molar-refractivity contribution in [2.45, 2.75) is 103 Å². The van der Waals surface area contributed by atoms with E-state index in [9.17, 15) is 9.59 Å². The largest absolute Gasteiger partial charge is 0.481 e. The number of aliphatic carboxylic acids is 1. The predicted molar refractivity (Wildman–Crippen MR) is 130 cm³/mol. The molecule has 8 atom stereocenters. The summed E-state index contributed by atoms with van der Waals surface area (Å²) in [4.78, 5) is 25.3. The van der Waals surface area contributed by atoms with Crippen molar-refractivity contribution < 1.29 is 19.4 Å². The lowest BCUT2D eigenvalue weighted by Crippen LogP contribution is -2.54. The van der Waals surface area contributed by atoms with Crippen LogP contribution in [0.25, 0.3) is 0 Å². The van der Waals surface area contributed by atoms with Crippen LogP contribution >= 0.6 is 0 Å². The molecule has 4 rings (SSSR count). The maximum Gasteiger partial charge on any atom is 0.307 e. The maximum absolute atomic E-state index is 12.3. The first-order valence-electron chi connectivity index (χ1n) is 13.7. The fourth-order valence-corrected chi connectivity index (χ4v) is 8.97. The number of ether oxygens (including phenoxy) is 1. The minimum atomic E-state index is -0.649. The van der Waals surface area contributed by atoms with Crippen LogP contribution in [0.15, 0.2) is 0 Å². The van der Waals surface area contributed by atoms with Crippen molar-refractivity contribution in [1.82, 2.24) is 4.90 Å². The van der Waals surface area contributed by atoms with Crippen LogP contribution in [0.3, 0.4) is 0 Å². The molecule has 4 fully saturated rings. The summed E-state index contributed by atoms with van der Waals surface area (Å²) in [7, 11) is 3.99. The van der Waals surface area contributed by atoms with Crippen LogP contribution in [0, 0.1) is 40.4 Å². The van der Waals surface area contributed by atoms with Crippen molar-refractivity contribution in [3.63, 3.8) is 0 Å². The lowest BCUT2D eigenvalue weighted by Gasteiger charge is -2.61. The number of esters is 1. The smallest absolute Gasteiger partial charge is 0.307 e. The van der Waals surface area contributed by atoms with Gasteiger partial charge in [0.1, 0.15) is 6.10 Å². The van der Waals surface area contributed by atoms with E-state index in [-0.39, 0.29) is 12.1 Å². The molecule has 33 heavy (non-hydrogen) atoms. The number of carbonyl (C=O) groups is 2. The summed E-state index contributed by atoms with van der Waals surface area (Å²) < 4.78 is 5.92. The van der Waals surface area contributed by atoms with Crippen LogP contribution in [-0.4, -0.2) is 48.7 Å². The van der Waals surface area contributed by atoms with E-state index in [4.69, 9.17) is 9.84 Å². The zero-order chi connectivity index (χ0) is 23.8. The molecule has 4 aliphatic rings. The molecule has 4 aliphatic carbocycles. The van der Waals surface area contributed by atoms with Crippen LogP contribution in [-0.2, 0) is 14.3 Å². The Hall–Kier alpha value is -1.10.